The van der Waals surface area contributed by atoms with Gasteiger partial charge in [0.05, 0.1) is 6.04 Å². The van der Waals surface area contributed by atoms with Gasteiger partial charge in [0.15, 0.2) is 5.84 Å². The average Bonchev–Trinajstić information content (AvgIpc) is 3.61. The summed E-state index contributed by atoms with van der Waals surface area (Å²) in [4.78, 5) is 10.9. The van der Waals surface area contributed by atoms with Gasteiger partial charge in [-0.05, 0) is 88.8 Å². The van der Waals surface area contributed by atoms with Crippen LogP contribution in [0.5, 0.6) is 0 Å². The van der Waals surface area contributed by atoms with Crippen LogP contribution in [-0.4, -0.2) is 11.5 Å². The number of fused-ring (bicyclic) bond motifs is 3. The molecule has 2 aliphatic rings. The molecule has 2 aliphatic carbocycles. The minimum atomic E-state index is -0.0142. The molecule has 3 unspecified atom stereocenters. The van der Waals surface area contributed by atoms with Gasteiger partial charge in [-0.25, -0.2) is 4.99 Å². The number of hydrogen-bond acceptors (Lipinski definition) is 2. The number of amidine groups is 1. The molecule has 0 radical (unpaired) electrons. The third-order valence-electron chi connectivity index (χ3n) is 11.0. The van der Waals surface area contributed by atoms with E-state index in [1.807, 2.05) is 11.3 Å². The lowest BCUT2D eigenvalue weighted by atomic mass is 9.86. The SMILES string of the molecule is CCC(C)C(N=C(N=C(C)c1ccccc1)C1=CC=C(c2ccccc2)CC1)c1ccc2c(c1)sc1cccc(C3C=CC(c4ccccc4)=CC3)c12. The van der Waals surface area contributed by atoms with Crippen LogP contribution in [0.3, 0.4) is 0 Å². The van der Waals surface area contributed by atoms with E-state index in [0.717, 1.165) is 42.8 Å². The molecule has 0 bridgehead atoms. The highest BCUT2D eigenvalue weighted by atomic mass is 32.1. The summed E-state index contributed by atoms with van der Waals surface area (Å²) in [6.07, 6.45) is 15.6. The first-order valence-corrected chi connectivity index (χ1v) is 19.9. The summed E-state index contributed by atoms with van der Waals surface area (Å²) in [5.41, 5.74) is 11.2. The first-order chi connectivity index (χ1) is 26.1. The molecule has 3 atom stereocenters. The van der Waals surface area contributed by atoms with Gasteiger partial charge < -0.3 is 0 Å². The lowest BCUT2D eigenvalue weighted by Gasteiger charge is -2.22. The predicted molar refractivity (Wildman–Crippen MR) is 230 cm³/mol. The van der Waals surface area contributed by atoms with Crippen molar-refractivity contribution in [2.45, 2.75) is 58.4 Å². The van der Waals surface area contributed by atoms with Crippen molar-refractivity contribution in [3.05, 3.63) is 191 Å². The van der Waals surface area contributed by atoms with E-state index >= 15 is 0 Å². The van der Waals surface area contributed by atoms with Crippen LogP contribution in [0.4, 0.5) is 0 Å². The highest BCUT2D eigenvalue weighted by Gasteiger charge is 2.23. The van der Waals surface area contributed by atoms with Crippen LogP contribution >= 0.6 is 11.3 Å². The first-order valence-electron chi connectivity index (χ1n) is 19.1. The topological polar surface area (TPSA) is 24.7 Å². The second-order valence-corrected chi connectivity index (χ2v) is 15.5. The molecule has 0 aliphatic heterocycles. The number of rotatable bonds is 9. The van der Waals surface area contributed by atoms with Gasteiger partial charge in [-0.1, -0.05) is 166 Å². The Morgan fingerprint density at radius 2 is 1.51 bits per heavy atom. The van der Waals surface area contributed by atoms with Crippen molar-refractivity contribution in [1.29, 1.82) is 0 Å². The highest BCUT2D eigenvalue weighted by molar-refractivity contribution is 7.25. The van der Waals surface area contributed by atoms with Crippen molar-refractivity contribution < 1.29 is 0 Å². The third-order valence-corrected chi connectivity index (χ3v) is 12.1. The Labute approximate surface area is 318 Å². The molecule has 1 heterocycles. The van der Waals surface area contributed by atoms with Crippen molar-refractivity contribution in [1.82, 2.24) is 0 Å². The van der Waals surface area contributed by atoms with Crippen LogP contribution in [0.15, 0.2) is 173 Å². The molecule has 0 amide bonds. The normalized spacial score (nSPS) is 17.7. The fourth-order valence-electron chi connectivity index (χ4n) is 7.75. The average molecular weight is 707 g/mol. The molecule has 0 saturated carbocycles. The number of hydrogen-bond donors (Lipinski definition) is 0. The van der Waals surface area contributed by atoms with Crippen molar-refractivity contribution >= 4 is 54.2 Å². The summed E-state index contributed by atoms with van der Waals surface area (Å²) >= 11 is 1.91. The fraction of sp³-hybridized carbons (Fsp3) is 0.200. The van der Waals surface area contributed by atoms with E-state index in [9.17, 15) is 0 Å². The smallest absolute Gasteiger partial charge is 0.151 e. The number of nitrogens with zero attached hydrogens (tertiary/aromatic N) is 2. The van der Waals surface area contributed by atoms with Crippen molar-refractivity contribution in [3.63, 3.8) is 0 Å². The van der Waals surface area contributed by atoms with Gasteiger partial charge in [0.2, 0.25) is 0 Å². The van der Waals surface area contributed by atoms with Crippen LogP contribution in [-0.2, 0) is 0 Å². The van der Waals surface area contributed by atoms with Gasteiger partial charge in [0.1, 0.15) is 0 Å². The zero-order valence-electron chi connectivity index (χ0n) is 30.9. The fourth-order valence-corrected chi connectivity index (χ4v) is 8.93. The molecule has 0 fully saturated rings. The molecular weight excluding hydrogens is 661 g/mol. The van der Waals surface area contributed by atoms with Crippen molar-refractivity contribution in [3.8, 4) is 0 Å². The molecular formula is C50H46N2S. The molecule has 0 N–H and O–H groups in total. The van der Waals surface area contributed by atoms with E-state index in [1.165, 1.54) is 59.1 Å². The molecule has 0 spiro atoms. The lowest BCUT2D eigenvalue weighted by Crippen LogP contribution is -2.13. The largest absolute Gasteiger partial charge is 0.258 e. The van der Waals surface area contributed by atoms with E-state index in [1.54, 1.807) is 0 Å². The highest BCUT2D eigenvalue weighted by Crippen LogP contribution is 2.43. The quantitative estimate of drug-likeness (QED) is 0.106. The molecule has 3 heteroatoms. The van der Waals surface area contributed by atoms with E-state index in [-0.39, 0.29) is 6.04 Å². The summed E-state index contributed by atoms with van der Waals surface area (Å²) in [5, 5.41) is 2.74. The maximum absolute atomic E-state index is 5.61. The standard InChI is InChI=1S/C50H46N2S/c1-4-34(2)49(52-50(51-35(3)36-15-8-5-9-16-36)42-29-25-40(26-30-42)38-19-12-7-13-20-38)43-31-32-45-47(33-43)53-46-22-14-21-44(48(45)46)41-27-23-39(24-28-41)37-17-10-6-11-18-37/h5-25,27,29,31-34,41,49H,4,26,28,30H2,1-3H3. The first kappa shape index (κ1) is 34.7. The Morgan fingerprint density at radius 3 is 2.19 bits per heavy atom. The van der Waals surface area contributed by atoms with Gasteiger partial charge in [0, 0.05) is 31.8 Å². The summed E-state index contributed by atoms with van der Waals surface area (Å²) in [6.45, 7) is 6.72. The minimum absolute atomic E-state index is 0.0142. The molecule has 1 aromatic heterocycles. The Hall–Kier alpha value is -5.38. The van der Waals surface area contributed by atoms with Gasteiger partial charge in [-0.3, -0.25) is 4.99 Å². The zero-order valence-corrected chi connectivity index (χ0v) is 31.7. The predicted octanol–water partition coefficient (Wildman–Crippen LogP) is 14.0. The van der Waals surface area contributed by atoms with Gasteiger partial charge >= 0.3 is 0 Å². The summed E-state index contributed by atoms with van der Waals surface area (Å²) in [5.74, 6) is 1.55. The number of allylic oxidation sites excluding steroid dienone is 7. The van der Waals surface area contributed by atoms with Crippen LogP contribution in [0.2, 0.25) is 0 Å². The van der Waals surface area contributed by atoms with E-state index < -0.39 is 0 Å². The van der Waals surface area contributed by atoms with Crippen LogP contribution in [0.1, 0.15) is 86.2 Å². The van der Waals surface area contributed by atoms with Crippen LogP contribution in [0, 0.1) is 5.92 Å². The zero-order chi connectivity index (χ0) is 36.1. The molecule has 8 rings (SSSR count). The molecule has 53 heavy (non-hydrogen) atoms. The molecule has 0 saturated heterocycles. The lowest BCUT2D eigenvalue weighted by molar-refractivity contribution is 0.459. The summed E-state index contributed by atoms with van der Waals surface area (Å²) in [6, 6.07) is 45.9. The van der Waals surface area contributed by atoms with Gasteiger partial charge in [-0.15, -0.1) is 11.3 Å². The van der Waals surface area contributed by atoms with Crippen molar-refractivity contribution in [2.75, 3.05) is 0 Å². The third kappa shape index (κ3) is 7.45. The van der Waals surface area contributed by atoms with E-state index in [4.69, 9.17) is 9.98 Å². The van der Waals surface area contributed by atoms with Crippen LogP contribution in [0.25, 0.3) is 31.3 Å². The summed E-state index contributed by atoms with van der Waals surface area (Å²) in [7, 11) is 0. The number of benzene rings is 5. The monoisotopic (exact) mass is 706 g/mol. The van der Waals surface area contributed by atoms with Crippen LogP contribution < -0.4 is 0 Å². The van der Waals surface area contributed by atoms with Gasteiger partial charge in [0.25, 0.3) is 0 Å². The maximum Gasteiger partial charge on any atom is 0.151 e. The number of aliphatic imine (C=N–C) groups is 2. The summed E-state index contributed by atoms with van der Waals surface area (Å²) < 4.78 is 2.67. The minimum Gasteiger partial charge on any atom is -0.258 e. The molecule has 6 aromatic rings. The number of thiophene rings is 1. The van der Waals surface area contributed by atoms with Gasteiger partial charge in [-0.2, -0.15) is 0 Å². The molecule has 262 valence electrons. The maximum atomic E-state index is 5.61. The Kier molecular flexibility index (Phi) is 10.3. The van der Waals surface area contributed by atoms with E-state index in [0.29, 0.717) is 11.8 Å². The Bertz CT molecular complexity index is 2420. The Morgan fingerprint density at radius 1 is 0.774 bits per heavy atom. The second kappa shape index (κ2) is 15.7. The van der Waals surface area contributed by atoms with Crippen molar-refractivity contribution in [2.24, 2.45) is 15.9 Å². The second-order valence-electron chi connectivity index (χ2n) is 14.4. The Balaban J connectivity index is 1.17. The molecule has 2 nitrogen and oxygen atoms in total. The van der Waals surface area contributed by atoms with E-state index in [2.05, 4.69) is 179 Å². The molecule has 5 aromatic carbocycles.